The van der Waals surface area contributed by atoms with Gasteiger partial charge in [-0.1, -0.05) is 47.1 Å². The van der Waals surface area contributed by atoms with E-state index in [-0.39, 0.29) is 5.91 Å². The van der Waals surface area contributed by atoms with Crippen molar-refractivity contribution in [2.75, 3.05) is 5.32 Å². The van der Waals surface area contributed by atoms with Gasteiger partial charge in [0, 0.05) is 12.8 Å². The molecule has 2 aromatic carbocycles. The Kier molecular flexibility index (Phi) is 6.41. The van der Waals surface area contributed by atoms with Crippen molar-refractivity contribution >= 4 is 34.5 Å². The van der Waals surface area contributed by atoms with Gasteiger partial charge in [0.15, 0.2) is 5.75 Å². The Balaban J connectivity index is 1.32. The molecule has 6 nitrogen and oxygen atoms in total. The van der Waals surface area contributed by atoms with E-state index in [1.54, 1.807) is 35.6 Å². The number of amides is 1. The van der Waals surface area contributed by atoms with E-state index in [4.69, 9.17) is 20.9 Å². The second kappa shape index (κ2) is 9.56. The van der Waals surface area contributed by atoms with Gasteiger partial charge in [-0.3, -0.25) is 4.79 Å². The summed E-state index contributed by atoms with van der Waals surface area (Å²) in [5.41, 5.74) is 0.584. The van der Waals surface area contributed by atoms with Gasteiger partial charge in [-0.05, 0) is 42.1 Å². The van der Waals surface area contributed by atoms with Crippen LogP contribution in [0.3, 0.4) is 0 Å². The minimum absolute atomic E-state index is 0.122. The number of thiophene rings is 1. The number of carbonyl (C=O) groups excluding carboxylic acids is 1. The number of ether oxygens (including phenoxy) is 1. The number of aryl methyl sites for hydroxylation is 1. The van der Waals surface area contributed by atoms with Crippen LogP contribution < -0.4 is 10.1 Å². The largest absolute Gasteiger partial charge is 0.454 e. The Hall–Kier alpha value is -3.16. The minimum atomic E-state index is -0.122. The summed E-state index contributed by atoms with van der Waals surface area (Å²) in [5, 5.41) is 9.33. The first kappa shape index (κ1) is 20.1. The van der Waals surface area contributed by atoms with Crippen molar-refractivity contribution < 1.29 is 14.1 Å². The third-order valence-electron chi connectivity index (χ3n) is 4.22. The van der Waals surface area contributed by atoms with Gasteiger partial charge in [0.1, 0.15) is 5.75 Å². The average Bonchev–Trinajstić information content (AvgIpc) is 3.43. The Labute approximate surface area is 182 Å². The number of hydrogen-bond donors (Lipinski definition) is 1. The first-order valence-corrected chi connectivity index (χ1v) is 10.6. The van der Waals surface area contributed by atoms with Gasteiger partial charge < -0.3 is 14.6 Å². The lowest BCUT2D eigenvalue weighted by Gasteiger charge is -2.13. The Morgan fingerprint density at radius 3 is 2.67 bits per heavy atom. The van der Waals surface area contributed by atoms with Crippen molar-refractivity contribution in [3.63, 3.8) is 0 Å². The number of nitrogens with one attached hydrogen (secondary N) is 1. The molecule has 4 aromatic rings. The summed E-state index contributed by atoms with van der Waals surface area (Å²) in [6.07, 6.45) is 1.44. The predicted molar refractivity (Wildman–Crippen MR) is 117 cm³/mol. The van der Waals surface area contributed by atoms with Crippen LogP contribution >= 0.6 is 22.9 Å². The summed E-state index contributed by atoms with van der Waals surface area (Å²) in [4.78, 5) is 17.7. The van der Waals surface area contributed by atoms with E-state index >= 15 is 0 Å². The van der Waals surface area contributed by atoms with Crippen molar-refractivity contribution in [3.05, 3.63) is 77.0 Å². The number of halogens is 1. The topological polar surface area (TPSA) is 77.2 Å². The highest BCUT2D eigenvalue weighted by atomic mass is 35.5. The van der Waals surface area contributed by atoms with E-state index in [1.807, 2.05) is 41.8 Å². The highest BCUT2D eigenvalue weighted by Crippen LogP contribution is 2.33. The summed E-state index contributed by atoms with van der Waals surface area (Å²) < 4.78 is 11.1. The van der Waals surface area contributed by atoms with E-state index in [2.05, 4.69) is 15.5 Å². The maximum Gasteiger partial charge on any atom is 0.226 e. The van der Waals surface area contributed by atoms with Gasteiger partial charge in [-0.15, -0.1) is 11.3 Å². The summed E-state index contributed by atoms with van der Waals surface area (Å²) in [5.74, 6) is 2.03. The lowest BCUT2D eigenvalue weighted by atomic mass is 10.2. The molecule has 0 unspecified atom stereocenters. The van der Waals surface area contributed by atoms with Crippen LogP contribution in [0.1, 0.15) is 18.7 Å². The standard InChI is InChI=1S/C22H18ClN3O3S/c23-15-7-1-3-9-17(15)28-18-10-4-2-8-16(18)24-20(27)12-5-13-21-25-22(26-29-21)19-11-6-14-30-19/h1-4,6-11,14H,5,12-13H2,(H,24,27). The maximum absolute atomic E-state index is 12.4. The Morgan fingerprint density at radius 2 is 1.87 bits per heavy atom. The van der Waals surface area contributed by atoms with Crippen LogP contribution in [0.4, 0.5) is 5.69 Å². The summed E-state index contributed by atoms with van der Waals surface area (Å²) in [7, 11) is 0. The summed E-state index contributed by atoms with van der Waals surface area (Å²) in [6, 6.07) is 18.3. The van der Waals surface area contributed by atoms with Crippen LogP contribution in [0, 0.1) is 0 Å². The molecule has 0 atom stereocenters. The van der Waals surface area contributed by atoms with E-state index < -0.39 is 0 Å². The fourth-order valence-electron chi connectivity index (χ4n) is 2.78. The van der Waals surface area contributed by atoms with Crippen molar-refractivity contribution in [2.24, 2.45) is 0 Å². The van der Waals surface area contributed by atoms with E-state index in [0.717, 1.165) is 4.88 Å². The Morgan fingerprint density at radius 1 is 1.07 bits per heavy atom. The third-order valence-corrected chi connectivity index (χ3v) is 5.40. The van der Waals surface area contributed by atoms with Gasteiger partial charge >= 0.3 is 0 Å². The SMILES string of the molecule is O=C(CCCc1nc(-c2cccs2)no1)Nc1ccccc1Oc1ccccc1Cl. The molecule has 0 aliphatic heterocycles. The van der Waals surface area contributed by atoms with Crippen molar-refractivity contribution in [2.45, 2.75) is 19.3 Å². The van der Waals surface area contributed by atoms with Crippen molar-refractivity contribution in [3.8, 4) is 22.2 Å². The normalized spacial score (nSPS) is 10.7. The molecule has 30 heavy (non-hydrogen) atoms. The fourth-order valence-corrected chi connectivity index (χ4v) is 3.60. The first-order valence-electron chi connectivity index (χ1n) is 9.37. The molecule has 0 radical (unpaired) electrons. The van der Waals surface area contributed by atoms with Gasteiger partial charge in [-0.2, -0.15) is 4.98 Å². The first-order chi connectivity index (χ1) is 14.7. The highest BCUT2D eigenvalue weighted by Gasteiger charge is 2.12. The molecule has 0 aliphatic carbocycles. The molecule has 0 saturated carbocycles. The van der Waals surface area contributed by atoms with Gasteiger partial charge in [0.05, 0.1) is 15.6 Å². The smallest absolute Gasteiger partial charge is 0.226 e. The van der Waals surface area contributed by atoms with Crippen LogP contribution in [0.2, 0.25) is 5.02 Å². The number of rotatable bonds is 8. The number of carbonyl (C=O) groups is 1. The number of para-hydroxylation sites is 3. The average molecular weight is 440 g/mol. The van der Waals surface area contributed by atoms with Gasteiger partial charge in [0.2, 0.25) is 17.6 Å². The number of hydrogen-bond acceptors (Lipinski definition) is 6. The molecule has 1 amide bonds. The molecule has 1 N–H and O–H groups in total. The zero-order valence-corrected chi connectivity index (χ0v) is 17.4. The second-order valence-corrected chi connectivity index (χ2v) is 7.77. The lowest BCUT2D eigenvalue weighted by molar-refractivity contribution is -0.116. The van der Waals surface area contributed by atoms with Gasteiger partial charge in [0.25, 0.3) is 0 Å². The minimum Gasteiger partial charge on any atom is -0.454 e. The number of benzene rings is 2. The monoisotopic (exact) mass is 439 g/mol. The molecule has 0 saturated heterocycles. The van der Waals surface area contributed by atoms with Crippen molar-refractivity contribution in [1.29, 1.82) is 0 Å². The van der Waals surface area contributed by atoms with Crippen LogP contribution in [0.15, 0.2) is 70.6 Å². The highest BCUT2D eigenvalue weighted by molar-refractivity contribution is 7.13. The lowest BCUT2D eigenvalue weighted by Crippen LogP contribution is -2.12. The zero-order chi connectivity index (χ0) is 20.8. The molecule has 2 aromatic heterocycles. The molecule has 0 spiro atoms. The van der Waals surface area contributed by atoms with Gasteiger partial charge in [-0.25, -0.2) is 0 Å². The van der Waals surface area contributed by atoms with Crippen LogP contribution in [0.25, 0.3) is 10.7 Å². The van der Waals surface area contributed by atoms with Crippen LogP contribution in [-0.2, 0) is 11.2 Å². The zero-order valence-electron chi connectivity index (χ0n) is 15.9. The van der Waals surface area contributed by atoms with Crippen molar-refractivity contribution in [1.82, 2.24) is 10.1 Å². The fraction of sp³-hybridized carbons (Fsp3) is 0.136. The predicted octanol–water partition coefficient (Wildman–Crippen LogP) is 6.21. The molecular weight excluding hydrogens is 422 g/mol. The molecule has 0 bridgehead atoms. The quantitative estimate of drug-likeness (QED) is 0.353. The molecule has 4 rings (SSSR count). The summed E-state index contributed by atoms with van der Waals surface area (Å²) in [6.45, 7) is 0. The maximum atomic E-state index is 12.4. The molecule has 152 valence electrons. The van der Waals surface area contributed by atoms with Crippen LogP contribution in [0.5, 0.6) is 11.5 Å². The van der Waals surface area contributed by atoms with E-state index in [0.29, 0.717) is 53.2 Å². The third kappa shape index (κ3) is 5.06. The molecule has 8 heteroatoms. The Bertz CT molecular complexity index is 1130. The molecule has 0 aliphatic rings. The summed E-state index contributed by atoms with van der Waals surface area (Å²) >= 11 is 7.71. The molecule has 0 fully saturated rings. The van der Waals surface area contributed by atoms with E-state index in [1.165, 1.54) is 0 Å². The van der Waals surface area contributed by atoms with E-state index in [9.17, 15) is 4.79 Å². The molecular formula is C22H18ClN3O3S. The number of nitrogens with zero attached hydrogens (tertiary/aromatic N) is 2. The number of aromatic nitrogens is 2. The molecule has 2 heterocycles. The van der Waals surface area contributed by atoms with Crippen LogP contribution in [-0.4, -0.2) is 16.0 Å². The second-order valence-electron chi connectivity index (χ2n) is 6.42. The number of anilines is 1.